The summed E-state index contributed by atoms with van der Waals surface area (Å²) < 4.78 is 5.22. The summed E-state index contributed by atoms with van der Waals surface area (Å²) in [5.74, 6) is 0. The fourth-order valence-electron chi connectivity index (χ4n) is 1.37. The molecule has 0 saturated carbocycles. The molecule has 0 spiro atoms. The molecule has 0 unspecified atom stereocenters. The zero-order valence-electron chi connectivity index (χ0n) is 6.81. The van der Waals surface area contributed by atoms with Crippen molar-refractivity contribution in [1.29, 1.82) is 0 Å². The third-order valence-corrected chi connectivity index (χ3v) is 2.15. The van der Waals surface area contributed by atoms with Crippen LogP contribution in [-0.4, -0.2) is 23.9 Å². The lowest BCUT2D eigenvalue weighted by molar-refractivity contribution is 0.242. The Morgan fingerprint density at radius 3 is 2.50 bits per heavy atom. The number of hydrogen-bond donors (Lipinski definition) is 1. The number of aliphatic hydroxyl groups is 1. The van der Waals surface area contributed by atoms with Crippen LogP contribution in [0.2, 0.25) is 0 Å². The van der Waals surface area contributed by atoms with Crippen molar-refractivity contribution in [3.8, 4) is 0 Å². The molecule has 1 fully saturated rings. The molecule has 0 bridgehead atoms. The van der Waals surface area contributed by atoms with E-state index in [1.165, 1.54) is 5.56 Å². The zero-order valence-corrected chi connectivity index (χ0v) is 6.81. The second-order valence-electron chi connectivity index (χ2n) is 3.09. The van der Waals surface area contributed by atoms with Gasteiger partial charge in [0.15, 0.2) is 0 Å². The highest BCUT2D eigenvalue weighted by atomic mass is 16.6. The smallest absolute Gasteiger partial charge is 0.107 e. The largest absolute Gasteiger partial charge is 0.394 e. The number of benzene rings is 1. The highest BCUT2D eigenvalue weighted by molar-refractivity contribution is 5.17. The summed E-state index contributed by atoms with van der Waals surface area (Å²) in [5.41, 5.74) is 1.28. The van der Waals surface area contributed by atoms with Crippen molar-refractivity contribution in [3.05, 3.63) is 35.9 Å². The molecule has 12 heavy (non-hydrogen) atoms. The summed E-state index contributed by atoms with van der Waals surface area (Å²) in [6.07, 6.45) is 1.26. The number of hydrogen-bond acceptors (Lipinski definition) is 2. The summed E-state index contributed by atoms with van der Waals surface area (Å²) >= 11 is 0. The SMILES string of the molecule is OC[C@H]1O[C@@H]1Cc1ccccc1. The molecule has 0 radical (unpaired) electrons. The van der Waals surface area contributed by atoms with Gasteiger partial charge in [-0.2, -0.15) is 0 Å². The summed E-state index contributed by atoms with van der Waals surface area (Å²) in [5, 5.41) is 8.73. The van der Waals surface area contributed by atoms with Crippen LogP contribution in [0.1, 0.15) is 5.56 Å². The van der Waals surface area contributed by atoms with Gasteiger partial charge in [0.05, 0.1) is 12.7 Å². The number of rotatable bonds is 3. The van der Waals surface area contributed by atoms with E-state index < -0.39 is 0 Å². The van der Waals surface area contributed by atoms with Crippen molar-refractivity contribution in [2.24, 2.45) is 0 Å². The van der Waals surface area contributed by atoms with Gasteiger partial charge >= 0.3 is 0 Å². The van der Waals surface area contributed by atoms with Crippen LogP contribution in [0.5, 0.6) is 0 Å². The third kappa shape index (κ3) is 1.65. The van der Waals surface area contributed by atoms with Crippen LogP contribution in [-0.2, 0) is 11.2 Å². The van der Waals surface area contributed by atoms with Gasteiger partial charge in [0.2, 0.25) is 0 Å². The quantitative estimate of drug-likeness (QED) is 0.676. The van der Waals surface area contributed by atoms with Crippen LogP contribution in [0.15, 0.2) is 30.3 Å². The molecule has 1 saturated heterocycles. The molecular weight excluding hydrogens is 152 g/mol. The predicted octanol–water partition coefficient (Wildman–Crippen LogP) is 0.989. The number of epoxide rings is 1. The van der Waals surface area contributed by atoms with E-state index in [0.29, 0.717) is 0 Å². The standard InChI is InChI=1S/C10H12O2/c11-7-10-9(12-10)6-8-4-2-1-3-5-8/h1-5,9-11H,6-7H2/t9-,10-/m1/s1. The van der Waals surface area contributed by atoms with E-state index in [1.807, 2.05) is 18.2 Å². The van der Waals surface area contributed by atoms with E-state index in [1.54, 1.807) is 0 Å². The topological polar surface area (TPSA) is 32.8 Å². The van der Waals surface area contributed by atoms with E-state index in [9.17, 15) is 0 Å². The summed E-state index contributed by atoms with van der Waals surface area (Å²) in [4.78, 5) is 0. The normalized spacial score (nSPS) is 27.1. The van der Waals surface area contributed by atoms with Gasteiger partial charge in [-0.15, -0.1) is 0 Å². The summed E-state index contributed by atoms with van der Waals surface area (Å²) in [6, 6.07) is 10.2. The van der Waals surface area contributed by atoms with Crippen LogP contribution < -0.4 is 0 Å². The van der Waals surface area contributed by atoms with Crippen molar-refractivity contribution in [2.45, 2.75) is 18.6 Å². The lowest BCUT2D eigenvalue weighted by Gasteiger charge is -1.95. The van der Waals surface area contributed by atoms with Crippen LogP contribution in [0.25, 0.3) is 0 Å². The van der Waals surface area contributed by atoms with Gasteiger partial charge in [0.1, 0.15) is 6.10 Å². The van der Waals surface area contributed by atoms with Crippen molar-refractivity contribution in [3.63, 3.8) is 0 Å². The van der Waals surface area contributed by atoms with E-state index in [0.717, 1.165) is 6.42 Å². The molecule has 1 aromatic carbocycles. The first-order valence-corrected chi connectivity index (χ1v) is 4.20. The van der Waals surface area contributed by atoms with Crippen LogP contribution >= 0.6 is 0 Å². The Morgan fingerprint density at radius 1 is 1.17 bits per heavy atom. The first-order valence-electron chi connectivity index (χ1n) is 4.20. The lowest BCUT2D eigenvalue weighted by Crippen LogP contribution is -2.01. The Bertz CT molecular complexity index is 245. The molecule has 0 aliphatic carbocycles. The fraction of sp³-hybridized carbons (Fsp3) is 0.400. The van der Waals surface area contributed by atoms with Gasteiger partial charge in [0.25, 0.3) is 0 Å². The summed E-state index contributed by atoms with van der Waals surface area (Å²) in [6.45, 7) is 0.150. The second-order valence-corrected chi connectivity index (χ2v) is 3.09. The van der Waals surface area contributed by atoms with E-state index in [-0.39, 0.29) is 18.8 Å². The van der Waals surface area contributed by atoms with Gasteiger partial charge < -0.3 is 9.84 Å². The molecule has 64 valence electrons. The van der Waals surface area contributed by atoms with Gasteiger partial charge in [0, 0.05) is 6.42 Å². The van der Waals surface area contributed by atoms with Crippen LogP contribution in [0, 0.1) is 0 Å². The van der Waals surface area contributed by atoms with E-state index in [4.69, 9.17) is 9.84 Å². The Kier molecular flexibility index (Phi) is 2.11. The first kappa shape index (κ1) is 7.77. The van der Waals surface area contributed by atoms with Crippen molar-refractivity contribution < 1.29 is 9.84 Å². The molecule has 1 aliphatic rings. The maximum Gasteiger partial charge on any atom is 0.107 e. The maximum atomic E-state index is 8.73. The molecule has 2 rings (SSSR count). The maximum absolute atomic E-state index is 8.73. The first-order chi connectivity index (χ1) is 5.90. The minimum absolute atomic E-state index is 0.0882. The molecule has 0 aromatic heterocycles. The minimum Gasteiger partial charge on any atom is -0.394 e. The van der Waals surface area contributed by atoms with E-state index in [2.05, 4.69) is 12.1 Å². The Hall–Kier alpha value is -0.860. The molecule has 1 N–H and O–H groups in total. The van der Waals surface area contributed by atoms with Crippen LogP contribution in [0.3, 0.4) is 0 Å². The minimum atomic E-state index is 0.0882. The van der Waals surface area contributed by atoms with Gasteiger partial charge in [-0.1, -0.05) is 30.3 Å². The second kappa shape index (κ2) is 3.25. The summed E-state index contributed by atoms with van der Waals surface area (Å²) in [7, 11) is 0. The number of ether oxygens (including phenoxy) is 1. The van der Waals surface area contributed by atoms with Crippen LogP contribution in [0.4, 0.5) is 0 Å². The predicted molar refractivity (Wildman–Crippen MR) is 45.9 cm³/mol. The Labute approximate surface area is 71.8 Å². The van der Waals surface area contributed by atoms with Gasteiger partial charge in [-0.25, -0.2) is 0 Å². The fourth-order valence-corrected chi connectivity index (χ4v) is 1.37. The van der Waals surface area contributed by atoms with E-state index >= 15 is 0 Å². The molecule has 2 heteroatoms. The third-order valence-electron chi connectivity index (χ3n) is 2.15. The lowest BCUT2D eigenvalue weighted by atomic mass is 10.1. The Morgan fingerprint density at radius 2 is 1.92 bits per heavy atom. The molecular formula is C10H12O2. The van der Waals surface area contributed by atoms with Crippen molar-refractivity contribution >= 4 is 0 Å². The van der Waals surface area contributed by atoms with Crippen molar-refractivity contribution in [1.82, 2.24) is 0 Å². The number of aliphatic hydroxyl groups excluding tert-OH is 1. The van der Waals surface area contributed by atoms with Gasteiger partial charge in [-0.3, -0.25) is 0 Å². The molecule has 0 amide bonds. The zero-order chi connectivity index (χ0) is 8.39. The van der Waals surface area contributed by atoms with Gasteiger partial charge in [-0.05, 0) is 5.56 Å². The molecule has 1 heterocycles. The average molecular weight is 164 g/mol. The highest BCUT2D eigenvalue weighted by Crippen LogP contribution is 2.24. The monoisotopic (exact) mass is 164 g/mol. The van der Waals surface area contributed by atoms with Crippen molar-refractivity contribution in [2.75, 3.05) is 6.61 Å². The Balaban J connectivity index is 1.89. The molecule has 1 aliphatic heterocycles. The molecule has 2 atom stereocenters. The highest BCUT2D eigenvalue weighted by Gasteiger charge is 2.37. The molecule has 2 nitrogen and oxygen atoms in total. The molecule has 1 aromatic rings. The average Bonchev–Trinajstić information content (AvgIpc) is 2.85.